The van der Waals surface area contributed by atoms with Crippen LogP contribution in [0.25, 0.3) is 43.1 Å². The average molecular weight is 890 g/mol. The molecule has 0 aromatic heterocycles. The van der Waals surface area contributed by atoms with Crippen LogP contribution < -0.4 is 24.8 Å². The Bertz CT molecular complexity index is 1790. The Kier molecular flexibility index (Phi) is 24.6. The van der Waals surface area contributed by atoms with Gasteiger partial charge in [0.15, 0.2) is 0 Å². The van der Waals surface area contributed by atoms with E-state index in [1.165, 1.54) is 90.1 Å². The summed E-state index contributed by atoms with van der Waals surface area (Å²) in [5.74, 6) is 2.43. The number of rotatable bonds is 8. The quantitative estimate of drug-likeness (QED) is 0.0870. The van der Waals surface area contributed by atoms with Crippen LogP contribution >= 0.6 is 23.5 Å². The molecule has 2 aliphatic rings. The molecule has 0 spiro atoms. The summed E-state index contributed by atoms with van der Waals surface area (Å²) in [5.41, 5.74) is 0. The van der Waals surface area contributed by atoms with E-state index in [0.29, 0.717) is 0 Å². The summed E-state index contributed by atoms with van der Waals surface area (Å²) >= 11 is 3.99. The van der Waals surface area contributed by atoms with Crippen LogP contribution in [0.5, 0.6) is 0 Å². The molecule has 0 heterocycles. The molecule has 0 bridgehead atoms. The van der Waals surface area contributed by atoms with Crippen LogP contribution in [0.3, 0.4) is 0 Å². The van der Waals surface area contributed by atoms with E-state index in [1.54, 1.807) is 0 Å². The van der Waals surface area contributed by atoms with Crippen molar-refractivity contribution >= 4 is 66.6 Å². The summed E-state index contributed by atoms with van der Waals surface area (Å²) in [6.07, 6.45) is 25.1. The second-order valence-corrected chi connectivity index (χ2v) is 13.6. The molecule has 0 nitrogen and oxygen atoms in total. The fourth-order valence-electron chi connectivity index (χ4n) is 5.52. The Morgan fingerprint density at radius 1 is 0.540 bits per heavy atom. The summed E-state index contributed by atoms with van der Waals surface area (Å²) in [6.45, 7) is 4.50. The van der Waals surface area contributed by atoms with E-state index < -0.39 is 0 Å². The molecule has 0 amide bonds. The van der Waals surface area contributed by atoms with Crippen LogP contribution in [-0.2, 0) is 52.4 Å². The standard InChI is InChI=1S/2C17H17S.2C5H5.2ClH.2Zr/c2*1-2-3-11-18-16-10-6-8-14-12-13-7-4-5-9-15(13)17(14)16;2*1-2-4-5-3-1;;;;/h2*4-10,12H,2-3,11H2,1H3;2*1-3H,4H2;2*1H;;/q4*-1;;;2*+2/p-2. The monoisotopic (exact) mass is 886 g/mol. The maximum atomic E-state index is 2.99. The van der Waals surface area contributed by atoms with E-state index in [2.05, 4.69) is 135 Å². The van der Waals surface area contributed by atoms with Gasteiger partial charge in [-0.3, -0.25) is 12.2 Å². The molecule has 0 saturated carbocycles. The Labute approximate surface area is 359 Å². The van der Waals surface area contributed by atoms with Crippen LogP contribution in [0.4, 0.5) is 0 Å². The minimum Gasteiger partial charge on any atom is -1.00 e. The first-order valence-corrected chi connectivity index (χ1v) is 18.6. The molecule has 0 N–H and O–H groups in total. The topological polar surface area (TPSA) is 0 Å². The van der Waals surface area contributed by atoms with Gasteiger partial charge in [0.25, 0.3) is 0 Å². The van der Waals surface area contributed by atoms with Gasteiger partial charge in [0.2, 0.25) is 0 Å². The molecule has 0 radical (unpaired) electrons. The van der Waals surface area contributed by atoms with E-state index in [1.807, 2.05) is 47.8 Å². The molecular weight excluding hydrogens is 846 g/mol. The van der Waals surface area contributed by atoms with Crippen molar-refractivity contribution in [2.45, 2.75) is 62.2 Å². The number of fused-ring (bicyclic) bond motifs is 6. The van der Waals surface area contributed by atoms with Crippen LogP contribution in [-0.4, -0.2) is 11.5 Å². The summed E-state index contributed by atoms with van der Waals surface area (Å²) in [4.78, 5) is 2.87. The van der Waals surface area contributed by atoms with Crippen molar-refractivity contribution in [3.8, 4) is 0 Å². The molecule has 6 heteroatoms. The zero-order chi connectivity index (χ0) is 31.8. The van der Waals surface area contributed by atoms with Crippen molar-refractivity contribution in [2.24, 2.45) is 0 Å². The van der Waals surface area contributed by atoms with Gasteiger partial charge in [0, 0.05) is 0 Å². The van der Waals surface area contributed by atoms with E-state index >= 15 is 0 Å². The molecular formula is C44H44Cl2S2Zr2-2. The molecule has 6 aromatic carbocycles. The number of benzene rings is 4. The van der Waals surface area contributed by atoms with Gasteiger partial charge in [-0.1, -0.05) is 98.1 Å². The first kappa shape index (κ1) is 46.6. The summed E-state index contributed by atoms with van der Waals surface area (Å²) in [6, 6.07) is 35.3. The van der Waals surface area contributed by atoms with Crippen molar-refractivity contribution in [3.63, 3.8) is 0 Å². The SMILES string of the molecule is CCCCSc1cccc2[cH-]c3ccccc3c12.CCCCSc1cccc2[cH-]c3ccccc3c12.[C-]1=CC=CC1.[C-]1=CC=CC1.[Cl-].[Cl-].[Zr+2].[Zr+2]. The number of hydrogen-bond acceptors (Lipinski definition) is 2. The third-order valence-corrected chi connectivity index (χ3v) is 10.2. The van der Waals surface area contributed by atoms with Crippen molar-refractivity contribution in [2.75, 3.05) is 11.5 Å². The summed E-state index contributed by atoms with van der Waals surface area (Å²) in [7, 11) is 0. The van der Waals surface area contributed by atoms with Crippen molar-refractivity contribution in [1.82, 2.24) is 0 Å². The van der Waals surface area contributed by atoms with Crippen molar-refractivity contribution in [1.29, 1.82) is 0 Å². The van der Waals surface area contributed by atoms with Gasteiger partial charge in [-0.25, -0.2) is 24.3 Å². The molecule has 50 heavy (non-hydrogen) atoms. The predicted octanol–water partition coefficient (Wildman–Crippen LogP) is 7.82. The van der Waals surface area contributed by atoms with Gasteiger partial charge in [-0.15, -0.1) is 105 Å². The largest absolute Gasteiger partial charge is 2.00 e. The minimum atomic E-state index is 0. The Balaban J connectivity index is 0.000000368. The molecule has 8 rings (SSSR count). The molecule has 6 aromatic rings. The molecule has 0 unspecified atom stereocenters. The van der Waals surface area contributed by atoms with Crippen LogP contribution in [0.15, 0.2) is 143 Å². The van der Waals surface area contributed by atoms with E-state index in [0.717, 1.165) is 12.8 Å². The molecule has 0 aliphatic heterocycles. The summed E-state index contributed by atoms with van der Waals surface area (Å²) < 4.78 is 0. The second kappa shape index (κ2) is 26.4. The van der Waals surface area contributed by atoms with E-state index in [4.69, 9.17) is 0 Å². The predicted molar refractivity (Wildman–Crippen MR) is 208 cm³/mol. The van der Waals surface area contributed by atoms with Gasteiger partial charge in [0.1, 0.15) is 0 Å². The zero-order valence-electron chi connectivity index (χ0n) is 28.9. The number of halogens is 2. The average Bonchev–Trinajstić information content (AvgIpc) is 3.93. The van der Waals surface area contributed by atoms with E-state index in [9.17, 15) is 0 Å². The number of unbranched alkanes of at least 4 members (excludes halogenated alkanes) is 2. The number of thioether (sulfide) groups is 2. The fraction of sp³-hybridized carbons (Fsp3) is 0.227. The Morgan fingerprint density at radius 2 is 0.940 bits per heavy atom. The van der Waals surface area contributed by atoms with Crippen LogP contribution in [0.1, 0.15) is 52.4 Å². The van der Waals surface area contributed by atoms with E-state index in [-0.39, 0.29) is 77.2 Å². The Hall–Kier alpha value is -1.37. The maximum Gasteiger partial charge on any atom is 2.00 e. The normalized spacial score (nSPS) is 11.7. The molecule has 0 fully saturated rings. The Morgan fingerprint density at radius 3 is 1.28 bits per heavy atom. The fourth-order valence-corrected chi connectivity index (χ4v) is 7.92. The minimum absolute atomic E-state index is 0. The molecule has 0 atom stereocenters. The second-order valence-electron chi connectivity index (χ2n) is 11.3. The van der Waals surface area contributed by atoms with Crippen molar-refractivity contribution in [3.05, 3.63) is 146 Å². The number of allylic oxidation sites excluding steroid dienone is 8. The van der Waals surface area contributed by atoms with Gasteiger partial charge in [-0.05, 0) is 34.1 Å². The zero-order valence-corrected chi connectivity index (χ0v) is 37.0. The van der Waals surface area contributed by atoms with Crippen LogP contribution in [0, 0.1) is 12.2 Å². The third kappa shape index (κ3) is 13.6. The van der Waals surface area contributed by atoms with Gasteiger partial charge >= 0.3 is 52.4 Å². The van der Waals surface area contributed by atoms with Crippen molar-refractivity contribution < 1.29 is 77.2 Å². The molecule has 256 valence electrons. The molecule has 2 aliphatic carbocycles. The molecule has 0 saturated heterocycles. The number of hydrogen-bond donors (Lipinski definition) is 0. The summed E-state index contributed by atoms with van der Waals surface area (Å²) in [5, 5.41) is 11.1. The maximum absolute atomic E-state index is 2.99. The first-order chi connectivity index (χ1) is 22.8. The third-order valence-electron chi connectivity index (χ3n) is 7.88. The smallest absolute Gasteiger partial charge is 1.00 e. The van der Waals surface area contributed by atoms with Gasteiger partial charge < -0.3 is 24.8 Å². The van der Waals surface area contributed by atoms with Crippen LogP contribution in [0.2, 0.25) is 0 Å². The first-order valence-electron chi connectivity index (χ1n) is 16.6. The van der Waals surface area contributed by atoms with Gasteiger partial charge in [-0.2, -0.15) is 12.2 Å². The van der Waals surface area contributed by atoms with Gasteiger partial charge in [0.05, 0.1) is 0 Å².